The van der Waals surface area contributed by atoms with Gasteiger partial charge in [0.25, 0.3) is 0 Å². The van der Waals surface area contributed by atoms with Gasteiger partial charge in [0.1, 0.15) is 0 Å². The van der Waals surface area contributed by atoms with E-state index in [1.165, 1.54) is 24.1 Å². The highest BCUT2D eigenvalue weighted by Crippen LogP contribution is 2.31. The molecule has 0 amide bonds. The van der Waals surface area contributed by atoms with Crippen LogP contribution in [0.5, 0.6) is 0 Å². The number of hydrogen-bond acceptors (Lipinski definition) is 2. The fraction of sp³-hybridized carbons (Fsp3) is 0.625. The summed E-state index contributed by atoms with van der Waals surface area (Å²) in [5, 5.41) is 3.51. The van der Waals surface area contributed by atoms with Crippen molar-refractivity contribution in [3.05, 3.63) is 28.2 Å². The van der Waals surface area contributed by atoms with Crippen LogP contribution >= 0.6 is 15.9 Å². The molecule has 0 spiro atoms. The predicted octanol–water partition coefficient (Wildman–Crippen LogP) is 4.74. The van der Waals surface area contributed by atoms with Gasteiger partial charge in [-0.25, -0.2) is 0 Å². The van der Waals surface area contributed by atoms with Gasteiger partial charge in [-0.2, -0.15) is 0 Å². The van der Waals surface area contributed by atoms with E-state index in [2.05, 4.69) is 79.1 Å². The van der Waals surface area contributed by atoms with Gasteiger partial charge in [0, 0.05) is 29.3 Å². The summed E-state index contributed by atoms with van der Waals surface area (Å²) < 4.78 is 1.15. The van der Waals surface area contributed by atoms with Crippen LogP contribution in [-0.4, -0.2) is 19.6 Å². The first-order valence-electron chi connectivity index (χ1n) is 7.30. The van der Waals surface area contributed by atoms with Crippen LogP contribution in [-0.2, 0) is 0 Å². The summed E-state index contributed by atoms with van der Waals surface area (Å²) in [6.07, 6.45) is 2.36. The van der Waals surface area contributed by atoms with Gasteiger partial charge in [0.15, 0.2) is 0 Å². The molecular formula is C16H27BrN2. The van der Waals surface area contributed by atoms with Crippen molar-refractivity contribution in [2.45, 2.75) is 52.6 Å². The summed E-state index contributed by atoms with van der Waals surface area (Å²) in [5.74, 6) is 0. The molecule has 108 valence electrons. The highest BCUT2D eigenvalue weighted by molar-refractivity contribution is 9.10. The zero-order valence-corrected chi connectivity index (χ0v) is 14.4. The molecule has 0 saturated carbocycles. The van der Waals surface area contributed by atoms with E-state index in [4.69, 9.17) is 0 Å². The SMILES string of the molecule is CCNC(C)c1cc(Br)ccc1N(C)C(CC)CC. The first-order chi connectivity index (χ1) is 9.04. The Morgan fingerprint density at radius 2 is 1.84 bits per heavy atom. The highest BCUT2D eigenvalue weighted by atomic mass is 79.9. The van der Waals surface area contributed by atoms with E-state index in [1.807, 2.05) is 0 Å². The summed E-state index contributed by atoms with van der Waals surface area (Å²) >= 11 is 3.59. The third-order valence-electron chi connectivity index (χ3n) is 3.84. The van der Waals surface area contributed by atoms with Gasteiger partial charge >= 0.3 is 0 Å². The average Bonchev–Trinajstić information content (AvgIpc) is 2.40. The van der Waals surface area contributed by atoms with E-state index < -0.39 is 0 Å². The fourth-order valence-corrected chi connectivity index (χ4v) is 3.02. The number of nitrogens with zero attached hydrogens (tertiary/aromatic N) is 1. The van der Waals surface area contributed by atoms with Crippen molar-refractivity contribution in [3.8, 4) is 0 Å². The summed E-state index contributed by atoms with van der Waals surface area (Å²) in [6.45, 7) is 9.89. The van der Waals surface area contributed by atoms with E-state index in [0.717, 1.165) is 11.0 Å². The molecule has 0 bridgehead atoms. The van der Waals surface area contributed by atoms with Crippen molar-refractivity contribution in [1.82, 2.24) is 5.32 Å². The molecule has 2 nitrogen and oxygen atoms in total. The van der Waals surface area contributed by atoms with Crippen molar-refractivity contribution in [1.29, 1.82) is 0 Å². The Balaban J connectivity index is 3.11. The monoisotopic (exact) mass is 326 g/mol. The van der Waals surface area contributed by atoms with Crippen LogP contribution in [0.1, 0.15) is 52.1 Å². The molecule has 0 aliphatic heterocycles. The standard InChI is InChI=1S/C16H27BrN2/c1-6-14(7-2)19(5)16-10-9-13(17)11-15(16)12(4)18-8-3/h9-12,14,18H,6-8H2,1-5H3. The lowest BCUT2D eigenvalue weighted by Gasteiger charge is -2.32. The minimum Gasteiger partial charge on any atom is -0.371 e. The summed E-state index contributed by atoms with van der Waals surface area (Å²) in [7, 11) is 2.21. The molecule has 1 unspecified atom stereocenters. The normalized spacial score (nSPS) is 12.8. The van der Waals surface area contributed by atoms with Crippen molar-refractivity contribution in [2.24, 2.45) is 0 Å². The number of nitrogens with one attached hydrogen (secondary N) is 1. The van der Waals surface area contributed by atoms with Gasteiger partial charge in [0.05, 0.1) is 0 Å². The van der Waals surface area contributed by atoms with Crippen molar-refractivity contribution >= 4 is 21.6 Å². The largest absolute Gasteiger partial charge is 0.371 e. The van der Waals surface area contributed by atoms with Crippen LogP contribution in [0.3, 0.4) is 0 Å². The second-order valence-electron chi connectivity index (χ2n) is 5.06. The van der Waals surface area contributed by atoms with E-state index in [-0.39, 0.29) is 0 Å². The lowest BCUT2D eigenvalue weighted by Crippen LogP contribution is -2.32. The molecule has 3 heteroatoms. The number of hydrogen-bond donors (Lipinski definition) is 1. The van der Waals surface area contributed by atoms with Crippen LogP contribution in [0, 0.1) is 0 Å². The highest BCUT2D eigenvalue weighted by Gasteiger charge is 2.17. The van der Waals surface area contributed by atoms with Gasteiger partial charge in [0.2, 0.25) is 0 Å². The molecule has 1 N–H and O–H groups in total. The molecule has 0 aromatic heterocycles. The topological polar surface area (TPSA) is 15.3 Å². The molecule has 0 aliphatic rings. The Labute approximate surface area is 126 Å². The summed E-state index contributed by atoms with van der Waals surface area (Å²) in [5.41, 5.74) is 2.70. The quantitative estimate of drug-likeness (QED) is 0.778. The molecule has 1 rings (SSSR count). The molecule has 0 radical (unpaired) electrons. The molecule has 0 fully saturated rings. The number of anilines is 1. The van der Waals surface area contributed by atoms with Crippen LogP contribution in [0.25, 0.3) is 0 Å². The van der Waals surface area contributed by atoms with Crippen LogP contribution in [0.2, 0.25) is 0 Å². The van der Waals surface area contributed by atoms with Crippen LogP contribution in [0.4, 0.5) is 5.69 Å². The van der Waals surface area contributed by atoms with Gasteiger partial charge in [-0.3, -0.25) is 0 Å². The Morgan fingerprint density at radius 3 is 2.37 bits per heavy atom. The fourth-order valence-electron chi connectivity index (χ4n) is 2.64. The second kappa shape index (κ2) is 7.91. The number of benzene rings is 1. The van der Waals surface area contributed by atoms with Gasteiger partial charge in [-0.05, 0) is 50.1 Å². The van der Waals surface area contributed by atoms with Gasteiger partial charge < -0.3 is 10.2 Å². The Bertz CT molecular complexity index is 388. The molecule has 1 aromatic rings. The lowest BCUT2D eigenvalue weighted by molar-refractivity contribution is 0.571. The molecule has 19 heavy (non-hydrogen) atoms. The van der Waals surface area contributed by atoms with Gasteiger partial charge in [-0.1, -0.05) is 36.7 Å². The lowest BCUT2D eigenvalue weighted by atomic mass is 10.0. The molecule has 0 saturated heterocycles. The maximum absolute atomic E-state index is 3.59. The van der Waals surface area contributed by atoms with Gasteiger partial charge in [-0.15, -0.1) is 0 Å². The van der Waals surface area contributed by atoms with Crippen LogP contribution < -0.4 is 10.2 Å². The van der Waals surface area contributed by atoms with Crippen LogP contribution in [0.15, 0.2) is 22.7 Å². The third kappa shape index (κ3) is 4.22. The zero-order valence-electron chi connectivity index (χ0n) is 12.8. The van der Waals surface area contributed by atoms with E-state index in [0.29, 0.717) is 12.1 Å². The molecule has 0 aliphatic carbocycles. The van der Waals surface area contributed by atoms with E-state index in [9.17, 15) is 0 Å². The maximum Gasteiger partial charge on any atom is 0.0415 e. The van der Waals surface area contributed by atoms with Crippen molar-refractivity contribution in [3.63, 3.8) is 0 Å². The minimum atomic E-state index is 0.370. The molecular weight excluding hydrogens is 300 g/mol. The number of rotatable bonds is 7. The average molecular weight is 327 g/mol. The predicted molar refractivity (Wildman–Crippen MR) is 89.0 cm³/mol. The second-order valence-corrected chi connectivity index (χ2v) is 5.98. The van der Waals surface area contributed by atoms with Crippen molar-refractivity contribution < 1.29 is 0 Å². The number of halogens is 1. The third-order valence-corrected chi connectivity index (χ3v) is 4.33. The molecule has 1 atom stereocenters. The molecule has 0 heterocycles. The maximum atomic E-state index is 3.59. The smallest absolute Gasteiger partial charge is 0.0415 e. The first-order valence-corrected chi connectivity index (χ1v) is 8.10. The Morgan fingerprint density at radius 1 is 1.21 bits per heavy atom. The van der Waals surface area contributed by atoms with Crippen molar-refractivity contribution in [2.75, 3.05) is 18.5 Å². The Hall–Kier alpha value is -0.540. The van der Waals surface area contributed by atoms with E-state index >= 15 is 0 Å². The summed E-state index contributed by atoms with van der Waals surface area (Å²) in [4.78, 5) is 2.43. The minimum absolute atomic E-state index is 0.370. The molecule has 1 aromatic carbocycles. The summed E-state index contributed by atoms with van der Waals surface area (Å²) in [6, 6.07) is 7.58. The van der Waals surface area contributed by atoms with E-state index in [1.54, 1.807) is 0 Å². The first kappa shape index (κ1) is 16.5. The zero-order chi connectivity index (χ0) is 14.4. The Kier molecular flexibility index (Phi) is 6.87.